The van der Waals surface area contributed by atoms with Crippen LogP contribution in [0.15, 0.2) is 53.1 Å². The Labute approximate surface area is 189 Å². The Balaban J connectivity index is 1.10. The van der Waals surface area contributed by atoms with Gasteiger partial charge in [0.15, 0.2) is 0 Å². The largest absolute Gasteiger partial charge is 0.461 e. The molecular formula is C27H30N4O. The zero-order chi connectivity index (χ0) is 21.9. The van der Waals surface area contributed by atoms with Gasteiger partial charge in [-0.2, -0.15) is 5.26 Å². The highest BCUT2D eigenvalue weighted by atomic mass is 16.3. The zero-order valence-corrected chi connectivity index (χ0v) is 18.7. The fraction of sp³-hybridized carbons (Fsp3) is 0.370. The molecule has 1 N–H and O–H groups in total. The molecule has 1 saturated heterocycles. The molecule has 4 aromatic rings. The lowest BCUT2D eigenvalue weighted by Gasteiger charge is -2.36. The average molecular weight is 427 g/mol. The van der Waals surface area contributed by atoms with E-state index in [9.17, 15) is 0 Å². The molecule has 2 aromatic carbocycles. The monoisotopic (exact) mass is 426 g/mol. The van der Waals surface area contributed by atoms with Crippen molar-refractivity contribution in [2.75, 3.05) is 37.6 Å². The number of nitrogens with zero attached hydrogens (tertiary/aromatic N) is 3. The zero-order valence-electron chi connectivity index (χ0n) is 18.7. The van der Waals surface area contributed by atoms with Crippen molar-refractivity contribution < 1.29 is 4.42 Å². The summed E-state index contributed by atoms with van der Waals surface area (Å²) in [6, 6.07) is 16.9. The van der Waals surface area contributed by atoms with E-state index in [0.717, 1.165) is 68.0 Å². The molecule has 0 spiro atoms. The van der Waals surface area contributed by atoms with Crippen molar-refractivity contribution in [1.29, 1.82) is 5.26 Å². The maximum Gasteiger partial charge on any atom is 0.134 e. The van der Waals surface area contributed by atoms with Crippen LogP contribution in [-0.4, -0.2) is 42.6 Å². The molecule has 0 bridgehead atoms. The summed E-state index contributed by atoms with van der Waals surface area (Å²) in [7, 11) is 0. The molecule has 0 aliphatic carbocycles. The maximum absolute atomic E-state index is 9.16. The highest BCUT2D eigenvalue weighted by molar-refractivity contribution is 5.84. The van der Waals surface area contributed by atoms with Gasteiger partial charge in [0.25, 0.3) is 0 Å². The minimum absolute atomic E-state index is 0.731. The van der Waals surface area contributed by atoms with Crippen LogP contribution in [0.25, 0.3) is 21.9 Å². The van der Waals surface area contributed by atoms with Crippen molar-refractivity contribution in [3.8, 4) is 6.07 Å². The van der Waals surface area contributed by atoms with E-state index in [4.69, 9.17) is 9.68 Å². The number of hydrogen-bond acceptors (Lipinski definition) is 4. The first-order chi connectivity index (χ1) is 15.7. The molecule has 32 heavy (non-hydrogen) atoms. The molecule has 5 heteroatoms. The van der Waals surface area contributed by atoms with Gasteiger partial charge in [-0.15, -0.1) is 0 Å². The number of anilines is 1. The summed E-state index contributed by atoms with van der Waals surface area (Å²) in [5.41, 5.74) is 5.46. The molecule has 1 aliphatic heterocycles. The van der Waals surface area contributed by atoms with Gasteiger partial charge in [-0.1, -0.05) is 6.92 Å². The summed E-state index contributed by atoms with van der Waals surface area (Å²) in [5.74, 6) is 1.06. The number of aromatic nitrogens is 1. The predicted octanol–water partition coefficient (Wildman–Crippen LogP) is 5.49. The molecule has 5 nitrogen and oxygen atoms in total. The quantitative estimate of drug-likeness (QED) is 0.397. The van der Waals surface area contributed by atoms with Crippen LogP contribution in [-0.2, 0) is 12.8 Å². The first kappa shape index (κ1) is 20.7. The summed E-state index contributed by atoms with van der Waals surface area (Å²) >= 11 is 0. The van der Waals surface area contributed by atoms with Crippen molar-refractivity contribution in [2.45, 2.75) is 32.6 Å². The number of H-pyrrole nitrogens is 1. The van der Waals surface area contributed by atoms with E-state index in [1.165, 1.54) is 34.9 Å². The molecule has 5 rings (SSSR count). The third-order valence-corrected chi connectivity index (χ3v) is 6.70. The number of fused-ring (bicyclic) bond motifs is 2. The molecule has 0 atom stereocenters. The lowest BCUT2D eigenvalue weighted by atomic mass is 10.1. The fourth-order valence-electron chi connectivity index (χ4n) is 4.79. The first-order valence-electron chi connectivity index (χ1n) is 11.7. The second-order valence-electron chi connectivity index (χ2n) is 8.76. The van der Waals surface area contributed by atoms with Crippen LogP contribution in [0.5, 0.6) is 0 Å². The summed E-state index contributed by atoms with van der Waals surface area (Å²) in [6.07, 6.45) is 6.46. The Morgan fingerprint density at radius 2 is 1.91 bits per heavy atom. The maximum atomic E-state index is 9.16. The van der Waals surface area contributed by atoms with Crippen LogP contribution in [0.3, 0.4) is 0 Å². The number of hydrogen-bond donors (Lipinski definition) is 1. The Morgan fingerprint density at radius 3 is 2.72 bits per heavy atom. The second kappa shape index (κ2) is 9.10. The van der Waals surface area contributed by atoms with Crippen LogP contribution >= 0.6 is 0 Å². The normalized spacial score (nSPS) is 14.9. The van der Waals surface area contributed by atoms with Gasteiger partial charge in [0, 0.05) is 60.8 Å². The third kappa shape index (κ3) is 4.24. The van der Waals surface area contributed by atoms with Crippen molar-refractivity contribution in [3.05, 3.63) is 65.5 Å². The van der Waals surface area contributed by atoms with E-state index in [0.29, 0.717) is 0 Å². The molecule has 164 valence electrons. The number of piperazine rings is 1. The molecule has 0 radical (unpaired) electrons. The molecule has 1 aliphatic rings. The van der Waals surface area contributed by atoms with E-state index in [1.807, 2.05) is 18.2 Å². The van der Waals surface area contributed by atoms with Crippen LogP contribution in [0.4, 0.5) is 5.69 Å². The molecule has 3 heterocycles. The minimum Gasteiger partial charge on any atom is -0.461 e. The van der Waals surface area contributed by atoms with Crippen LogP contribution < -0.4 is 4.90 Å². The summed E-state index contributed by atoms with van der Waals surface area (Å²) < 4.78 is 5.85. The summed E-state index contributed by atoms with van der Waals surface area (Å²) in [4.78, 5) is 8.42. The van der Waals surface area contributed by atoms with Gasteiger partial charge in [0.2, 0.25) is 0 Å². The van der Waals surface area contributed by atoms with Gasteiger partial charge < -0.3 is 14.3 Å². The number of nitriles is 1. The van der Waals surface area contributed by atoms with Crippen molar-refractivity contribution in [2.24, 2.45) is 0 Å². The number of aryl methyl sites for hydroxylation is 2. The van der Waals surface area contributed by atoms with Crippen molar-refractivity contribution in [1.82, 2.24) is 9.88 Å². The van der Waals surface area contributed by atoms with Gasteiger partial charge in [0.05, 0.1) is 11.6 Å². The second-order valence-corrected chi connectivity index (χ2v) is 8.76. The molecular weight excluding hydrogens is 396 g/mol. The number of nitrogens with one attached hydrogen (secondary N) is 1. The topological polar surface area (TPSA) is 59.2 Å². The third-order valence-electron chi connectivity index (χ3n) is 6.70. The smallest absolute Gasteiger partial charge is 0.134 e. The summed E-state index contributed by atoms with van der Waals surface area (Å²) in [5, 5.41) is 11.6. The minimum atomic E-state index is 0.731. The van der Waals surface area contributed by atoms with Gasteiger partial charge in [-0.25, -0.2) is 0 Å². The molecule has 1 fully saturated rings. The summed E-state index contributed by atoms with van der Waals surface area (Å²) in [6.45, 7) is 7.65. The lowest BCUT2D eigenvalue weighted by Crippen LogP contribution is -2.46. The van der Waals surface area contributed by atoms with E-state index in [-0.39, 0.29) is 0 Å². The Bertz CT molecular complexity index is 1250. The molecule has 0 unspecified atom stereocenters. The van der Waals surface area contributed by atoms with Gasteiger partial charge in [-0.3, -0.25) is 4.90 Å². The predicted molar refractivity (Wildman–Crippen MR) is 130 cm³/mol. The van der Waals surface area contributed by atoms with E-state index < -0.39 is 0 Å². The Kier molecular flexibility index (Phi) is 5.87. The number of furan rings is 1. The fourth-order valence-corrected chi connectivity index (χ4v) is 4.79. The molecule has 2 aromatic heterocycles. The van der Waals surface area contributed by atoms with Crippen LogP contribution in [0, 0.1) is 11.3 Å². The lowest BCUT2D eigenvalue weighted by molar-refractivity contribution is 0.253. The number of aromatic amines is 1. The molecule has 0 amide bonds. The average Bonchev–Trinajstić information content (AvgIpc) is 3.45. The first-order valence-corrected chi connectivity index (χ1v) is 11.7. The van der Waals surface area contributed by atoms with Crippen molar-refractivity contribution in [3.63, 3.8) is 0 Å². The van der Waals surface area contributed by atoms with E-state index in [2.05, 4.69) is 58.2 Å². The molecule has 0 saturated carbocycles. The van der Waals surface area contributed by atoms with Crippen molar-refractivity contribution >= 4 is 27.6 Å². The van der Waals surface area contributed by atoms with Crippen LogP contribution in [0.2, 0.25) is 0 Å². The van der Waals surface area contributed by atoms with Crippen LogP contribution in [0.1, 0.15) is 36.7 Å². The van der Waals surface area contributed by atoms with Gasteiger partial charge in [-0.05, 0) is 73.8 Å². The standard InChI is InChI=1S/C27H30N4O/c1-2-24-17-22-16-23(7-9-27(22)32-24)31-13-11-30(12-14-31)10-4-3-5-21-19-29-26-8-6-20(18-28)15-25(21)26/h6-9,15-17,19,29H,2-5,10-14H2,1H3. The SMILES string of the molecule is CCc1cc2cc(N3CCN(CCCCc4c[nH]c5ccc(C#N)cc45)CC3)ccc2o1. The Hall–Kier alpha value is -3.23. The van der Waals surface area contributed by atoms with E-state index >= 15 is 0 Å². The van der Waals surface area contributed by atoms with Gasteiger partial charge >= 0.3 is 0 Å². The number of benzene rings is 2. The highest BCUT2D eigenvalue weighted by Crippen LogP contribution is 2.26. The Morgan fingerprint density at radius 1 is 1.03 bits per heavy atom. The van der Waals surface area contributed by atoms with E-state index in [1.54, 1.807) is 0 Å². The number of rotatable bonds is 7. The highest BCUT2D eigenvalue weighted by Gasteiger charge is 2.17. The van der Waals surface area contributed by atoms with Gasteiger partial charge in [0.1, 0.15) is 11.3 Å². The number of unbranched alkanes of at least 4 members (excludes halogenated alkanes) is 1.